The Hall–Kier alpha value is -3.09. The third-order valence-electron chi connectivity index (χ3n) is 7.72. The zero-order chi connectivity index (χ0) is 31.8. The minimum atomic E-state index is -1.58. The summed E-state index contributed by atoms with van der Waals surface area (Å²) in [6.07, 6.45) is 0. The van der Waals surface area contributed by atoms with Gasteiger partial charge in [0.15, 0.2) is 0 Å². The van der Waals surface area contributed by atoms with Gasteiger partial charge in [-0.05, 0) is 62.1 Å². The molecule has 4 rings (SSSR count). The van der Waals surface area contributed by atoms with Crippen LogP contribution in [0.25, 0.3) is 11.1 Å². The van der Waals surface area contributed by atoms with E-state index in [2.05, 4.69) is 174 Å². The summed E-state index contributed by atoms with van der Waals surface area (Å²) in [5.41, 5.74) is 7.03. The zero-order valence-electron chi connectivity index (χ0n) is 28.4. The van der Waals surface area contributed by atoms with Crippen LogP contribution < -0.4 is 14.4 Å². The highest BCUT2D eigenvalue weighted by molar-refractivity contribution is 7.57. The van der Waals surface area contributed by atoms with Gasteiger partial charge in [0.1, 0.15) is 11.5 Å². The Morgan fingerprint density at radius 1 is 0.419 bits per heavy atom. The lowest BCUT2D eigenvalue weighted by Gasteiger charge is -2.34. The Kier molecular flexibility index (Phi) is 9.25. The lowest BCUT2D eigenvalue weighted by molar-refractivity contribution is 0.454. The molecule has 0 aliphatic carbocycles. The Morgan fingerprint density at radius 2 is 0.837 bits per heavy atom. The van der Waals surface area contributed by atoms with Crippen molar-refractivity contribution in [2.24, 2.45) is 0 Å². The van der Waals surface area contributed by atoms with Gasteiger partial charge in [0, 0.05) is 11.1 Å². The fraction of sp³-hybridized carbons (Fsp3) is 0.400. The average Bonchev–Trinajstić information content (AvgIpc) is 2.91. The topological polar surface area (TPSA) is 18.5 Å². The summed E-state index contributed by atoms with van der Waals surface area (Å²) in [4.78, 5) is 0. The Bertz CT molecular complexity index is 1460. The van der Waals surface area contributed by atoms with Gasteiger partial charge in [0.25, 0.3) is 0 Å². The van der Waals surface area contributed by atoms with Crippen molar-refractivity contribution in [3.8, 4) is 22.6 Å². The van der Waals surface area contributed by atoms with E-state index < -0.39 is 8.38 Å². The third kappa shape index (κ3) is 7.53. The van der Waals surface area contributed by atoms with Crippen LogP contribution in [0, 0.1) is 0 Å². The maximum atomic E-state index is 7.20. The normalized spacial score (nSPS) is 12.9. The molecule has 0 aliphatic rings. The van der Waals surface area contributed by atoms with E-state index in [9.17, 15) is 0 Å². The second-order valence-electron chi connectivity index (χ2n) is 15.7. The van der Waals surface area contributed by atoms with Gasteiger partial charge in [-0.25, -0.2) is 0 Å². The second-order valence-corrected chi connectivity index (χ2v) is 17.0. The first-order valence-electron chi connectivity index (χ1n) is 15.5. The predicted molar refractivity (Wildman–Crippen MR) is 187 cm³/mol. The maximum Gasteiger partial charge on any atom is 0.326 e. The van der Waals surface area contributed by atoms with E-state index >= 15 is 0 Å². The Labute approximate surface area is 262 Å². The van der Waals surface area contributed by atoms with Crippen LogP contribution in [0.5, 0.6) is 11.5 Å². The minimum Gasteiger partial charge on any atom is -0.435 e. The summed E-state index contributed by atoms with van der Waals surface area (Å²) < 4.78 is 14.4. The van der Waals surface area contributed by atoms with Crippen LogP contribution >= 0.6 is 8.38 Å². The maximum absolute atomic E-state index is 7.20. The molecule has 0 aromatic heterocycles. The van der Waals surface area contributed by atoms with E-state index in [-0.39, 0.29) is 21.7 Å². The fourth-order valence-corrected chi connectivity index (χ4v) is 7.31. The third-order valence-corrected chi connectivity index (χ3v) is 9.22. The number of hydrogen-bond acceptors (Lipinski definition) is 2. The smallest absolute Gasteiger partial charge is 0.326 e. The molecular weight excluding hydrogens is 543 g/mol. The van der Waals surface area contributed by atoms with Gasteiger partial charge in [-0.2, -0.15) is 0 Å². The van der Waals surface area contributed by atoms with Gasteiger partial charge < -0.3 is 9.05 Å². The quantitative estimate of drug-likeness (QED) is 0.207. The molecule has 228 valence electrons. The van der Waals surface area contributed by atoms with Crippen molar-refractivity contribution in [3.05, 3.63) is 113 Å². The predicted octanol–water partition coefficient (Wildman–Crippen LogP) is 11.6. The first kappa shape index (κ1) is 32.8. The van der Waals surface area contributed by atoms with Crippen LogP contribution in [0.1, 0.15) is 105 Å². The van der Waals surface area contributed by atoms with Gasteiger partial charge in [-0.15, -0.1) is 0 Å². The van der Waals surface area contributed by atoms with E-state index in [1.165, 1.54) is 22.3 Å². The van der Waals surface area contributed by atoms with Gasteiger partial charge in [0.05, 0.1) is 5.30 Å². The van der Waals surface area contributed by atoms with Gasteiger partial charge >= 0.3 is 8.38 Å². The molecule has 4 aromatic rings. The van der Waals surface area contributed by atoms with Crippen LogP contribution in [-0.2, 0) is 21.7 Å². The average molecular weight is 595 g/mol. The summed E-state index contributed by atoms with van der Waals surface area (Å²) in [5, 5.41) is 1.06. The molecule has 2 nitrogen and oxygen atoms in total. The van der Waals surface area contributed by atoms with Gasteiger partial charge in [-0.1, -0.05) is 156 Å². The van der Waals surface area contributed by atoms with E-state index in [4.69, 9.17) is 9.05 Å². The molecule has 0 spiro atoms. The Balaban J connectivity index is 1.98. The molecule has 0 aliphatic heterocycles. The molecule has 43 heavy (non-hydrogen) atoms. The molecule has 0 N–H and O–H groups in total. The largest absolute Gasteiger partial charge is 0.435 e. The standard InChI is InChI=1S/C40H51O2P/c1-37(2,3)30-23-18-25-32(35(30)39(7,8)9)41-43(34-27-17-16-22-29(34)28-20-14-13-15-21-28)42-33-26-19-24-31(38(4,5)6)36(33)40(10,11)12/h13-27H,1-12H3. The van der Waals surface area contributed by atoms with Crippen molar-refractivity contribution < 1.29 is 9.05 Å². The first-order chi connectivity index (χ1) is 19.9. The van der Waals surface area contributed by atoms with E-state index in [0.29, 0.717) is 0 Å². The van der Waals surface area contributed by atoms with E-state index in [0.717, 1.165) is 27.9 Å². The summed E-state index contributed by atoms with van der Waals surface area (Å²) >= 11 is 0. The summed E-state index contributed by atoms with van der Waals surface area (Å²) in [6, 6.07) is 32.1. The van der Waals surface area contributed by atoms with Crippen molar-refractivity contribution >= 4 is 13.7 Å². The molecule has 0 saturated carbocycles. The summed E-state index contributed by atoms with van der Waals surface area (Å²) in [7, 11) is -1.58. The lowest BCUT2D eigenvalue weighted by atomic mass is 9.75. The Morgan fingerprint density at radius 3 is 1.26 bits per heavy atom. The van der Waals surface area contributed by atoms with Gasteiger partial charge in [0.2, 0.25) is 0 Å². The van der Waals surface area contributed by atoms with E-state index in [1.807, 2.05) is 0 Å². The summed E-state index contributed by atoms with van der Waals surface area (Å²) in [6.45, 7) is 27.3. The molecule has 0 unspecified atom stereocenters. The fourth-order valence-electron chi connectivity index (χ4n) is 5.80. The highest BCUT2D eigenvalue weighted by Crippen LogP contribution is 2.50. The minimum absolute atomic E-state index is 0.0337. The second kappa shape index (κ2) is 12.1. The molecule has 0 heterocycles. The van der Waals surface area contributed by atoms with Crippen molar-refractivity contribution in [1.82, 2.24) is 0 Å². The first-order valence-corrected chi connectivity index (χ1v) is 16.7. The van der Waals surface area contributed by atoms with E-state index in [1.54, 1.807) is 0 Å². The van der Waals surface area contributed by atoms with Crippen molar-refractivity contribution in [2.75, 3.05) is 0 Å². The van der Waals surface area contributed by atoms with Crippen LogP contribution in [0.15, 0.2) is 91.0 Å². The SMILES string of the molecule is CC(C)(C)c1cccc(OP(Oc2cccc(C(C)(C)C)c2C(C)(C)C)c2ccccc2-c2ccccc2)c1C(C)(C)C. The molecular formula is C40H51O2P. The molecule has 4 aromatic carbocycles. The highest BCUT2D eigenvalue weighted by atomic mass is 31.2. The zero-order valence-corrected chi connectivity index (χ0v) is 29.3. The molecule has 0 saturated heterocycles. The molecule has 0 atom stereocenters. The molecule has 0 radical (unpaired) electrons. The van der Waals surface area contributed by atoms with Gasteiger partial charge in [-0.3, -0.25) is 0 Å². The monoisotopic (exact) mass is 594 g/mol. The van der Waals surface area contributed by atoms with Crippen molar-refractivity contribution in [3.63, 3.8) is 0 Å². The molecule has 3 heteroatoms. The molecule has 0 amide bonds. The number of hydrogen-bond donors (Lipinski definition) is 0. The number of rotatable bonds is 6. The molecule has 0 bridgehead atoms. The lowest BCUT2D eigenvalue weighted by Crippen LogP contribution is -2.24. The highest BCUT2D eigenvalue weighted by Gasteiger charge is 2.34. The summed E-state index contributed by atoms with van der Waals surface area (Å²) in [5.74, 6) is 1.77. The van der Waals surface area contributed by atoms with Crippen LogP contribution in [-0.4, -0.2) is 0 Å². The van der Waals surface area contributed by atoms with Crippen molar-refractivity contribution in [2.45, 2.75) is 105 Å². The van der Waals surface area contributed by atoms with Crippen LogP contribution in [0.4, 0.5) is 0 Å². The van der Waals surface area contributed by atoms with Crippen LogP contribution in [0.2, 0.25) is 0 Å². The van der Waals surface area contributed by atoms with Crippen LogP contribution in [0.3, 0.4) is 0 Å². The van der Waals surface area contributed by atoms with Crippen molar-refractivity contribution in [1.29, 1.82) is 0 Å². The molecule has 0 fully saturated rings. The number of benzene rings is 4.